The molecule has 1 aliphatic heterocycles. The molecule has 0 spiro atoms. The number of hydrogen-bond donors (Lipinski definition) is 2. The minimum Gasteiger partial charge on any atom is -0.508 e. The smallest absolute Gasteiger partial charge is 0.335 e. The fourth-order valence-corrected chi connectivity index (χ4v) is 2.62. The molecule has 6 heteroatoms. The molecule has 0 radical (unpaired) electrons. The Labute approximate surface area is 144 Å². The number of anilines is 1. The average molecular weight is 336 g/mol. The van der Waals surface area contributed by atoms with Gasteiger partial charge in [0.2, 0.25) is 0 Å². The van der Waals surface area contributed by atoms with Crippen LogP contribution in [0, 0.1) is 13.8 Å². The summed E-state index contributed by atoms with van der Waals surface area (Å²) in [5.41, 5.74) is 2.36. The Bertz CT molecular complexity index is 931. The highest BCUT2D eigenvalue weighted by atomic mass is 16.3. The van der Waals surface area contributed by atoms with Gasteiger partial charge in [0, 0.05) is 0 Å². The minimum atomic E-state index is -0.781. The summed E-state index contributed by atoms with van der Waals surface area (Å²) >= 11 is 0. The lowest BCUT2D eigenvalue weighted by molar-refractivity contribution is -0.122. The second-order valence-corrected chi connectivity index (χ2v) is 5.84. The van der Waals surface area contributed by atoms with Crippen molar-refractivity contribution in [2.24, 2.45) is 0 Å². The molecule has 1 fully saturated rings. The van der Waals surface area contributed by atoms with E-state index in [-0.39, 0.29) is 11.3 Å². The number of amides is 4. The molecule has 25 heavy (non-hydrogen) atoms. The summed E-state index contributed by atoms with van der Waals surface area (Å²) in [5, 5.41) is 11.7. The number of imide groups is 2. The molecule has 0 unspecified atom stereocenters. The Morgan fingerprint density at radius 3 is 2.52 bits per heavy atom. The maximum Gasteiger partial charge on any atom is 0.335 e. The van der Waals surface area contributed by atoms with Crippen molar-refractivity contribution in [2.75, 3.05) is 4.90 Å². The zero-order chi connectivity index (χ0) is 18.1. The first-order chi connectivity index (χ1) is 11.9. The molecule has 2 aromatic carbocycles. The van der Waals surface area contributed by atoms with E-state index in [0.717, 1.165) is 16.0 Å². The van der Waals surface area contributed by atoms with Crippen LogP contribution in [0.15, 0.2) is 48.0 Å². The largest absolute Gasteiger partial charge is 0.508 e. The monoisotopic (exact) mass is 336 g/mol. The summed E-state index contributed by atoms with van der Waals surface area (Å²) in [7, 11) is 0. The summed E-state index contributed by atoms with van der Waals surface area (Å²) in [6.07, 6.45) is 1.35. The molecule has 1 saturated heterocycles. The first kappa shape index (κ1) is 16.4. The fraction of sp³-hybridized carbons (Fsp3) is 0.105. The van der Waals surface area contributed by atoms with E-state index in [0.29, 0.717) is 11.3 Å². The molecule has 0 aromatic heterocycles. The van der Waals surface area contributed by atoms with Gasteiger partial charge in [-0.25, -0.2) is 9.69 Å². The molecule has 0 atom stereocenters. The number of benzene rings is 2. The third-order valence-electron chi connectivity index (χ3n) is 3.89. The van der Waals surface area contributed by atoms with Crippen molar-refractivity contribution in [3.05, 3.63) is 64.7 Å². The third-order valence-corrected chi connectivity index (χ3v) is 3.89. The quantitative estimate of drug-likeness (QED) is 0.652. The van der Waals surface area contributed by atoms with Crippen LogP contribution in [-0.4, -0.2) is 23.0 Å². The summed E-state index contributed by atoms with van der Waals surface area (Å²) in [4.78, 5) is 38.1. The molecule has 0 aliphatic carbocycles. The van der Waals surface area contributed by atoms with Gasteiger partial charge < -0.3 is 5.11 Å². The fourth-order valence-electron chi connectivity index (χ4n) is 2.62. The van der Waals surface area contributed by atoms with E-state index in [1.807, 2.05) is 13.0 Å². The highest BCUT2D eigenvalue weighted by Gasteiger charge is 2.37. The van der Waals surface area contributed by atoms with E-state index in [1.165, 1.54) is 18.2 Å². The third kappa shape index (κ3) is 3.14. The normalized spacial score (nSPS) is 16.3. The van der Waals surface area contributed by atoms with Crippen LogP contribution in [0.2, 0.25) is 0 Å². The standard InChI is InChI=1S/C19H16N2O4/c1-11-6-7-12(2)16(8-11)21-18(24)15(17(23)20-19(21)25)10-13-4-3-5-14(22)9-13/h3-10,22H,1-2H3,(H,20,23,25)/b15-10-. The Kier molecular flexibility index (Phi) is 4.10. The van der Waals surface area contributed by atoms with Gasteiger partial charge in [0.1, 0.15) is 11.3 Å². The van der Waals surface area contributed by atoms with Gasteiger partial charge in [-0.05, 0) is 54.8 Å². The molecule has 0 saturated carbocycles. The predicted octanol–water partition coefficient (Wildman–Crippen LogP) is 2.68. The van der Waals surface area contributed by atoms with E-state index in [2.05, 4.69) is 5.32 Å². The van der Waals surface area contributed by atoms with E-state index in [4.69, 9.17) is 0 Å². The first-order valence-electron chi connectivity index (χ1n) is 7.64. The Morgan fingerprint density at radius 2 is 1.80 bits per heavy atom. The number of phenolic OH excluding ortho intramolecular Hbond substituents is 1. The van der Waals surface area contributed by atoms with Crippen LogP contribution in [0.1, 0.15) is 16.7 Å². The Morgan fingerprint density at radius 1 is 1.04 bits per heavy atom. The number of rotatable bonds is 2. The van der Waals surface area contributed by atoms with Crippen LogP contribution in [0.25, 0.3) is 6.08 Å². The zero-order valence-corrected chi connectivity index (χ0v) is 13.7. The van der Waals surface area contributed by atoms with Crippen molar-refractivity contribution < 1.29 is 19.5 Å². The van der Waals surface area contributed by atoms with E-state index in [1.54, 1.807) is 31.2 Å². The van der Waals surface area contributed by atoms with Crippen LogP contribution >= 0.6 is 0 Å². The number of urea groups is 1. The molecular formula is C19H16N2O4. The highest BCUT2D eigenvalue weighted by Crippen LogP contribution is 2.26. The SMILES string of the molecule is Cc1ccc(C)c(N2C(=O)NC(=O)/C(=C/c3cccc(O)c3)C2=O)c1. The molecular weight excluding hydrogens is 320 g/mol. The van der Waals surface area contributed by atoms with E-state index < -0.39 is 17.8 Å². The number of barbiturate groups is 1. The van der Waals surface area contributed by atoms with Gasteiger partial charge in [-0.1, -0.05) is 24.3 Å². The van der Waals surface area contributed by atoms with Crippen LogP contribution < -0.4 is 10.2 Å². The van der Waals surface area contributed by atoms with Crippen molar-refractivity contribution >= 4 is 29.6 Å². The predicted molar refractivity (Wildman–Crippen MR) is 93.0 cm³/mol. The number of nitrogens with one attached hydrogen (secondary N) is 1. The molecule has 2 aromatic rings. The molecule has 3 rings (SSSR count). The molecule has 0 bridgehead atoms. The van der Waals surface area contributed by atoms with Gasteiger partial charge in [0.25, 0.3) is 11.8 Å². The summed E-state index contributed by atoms with van der Waals surface area (Å²) in [6, 6.07) is 10.8. The van der Waals surface area contributed by atoms with Crippen LogP contribution in [-0.2, 0) is 9.59 Å². The molecule has 126 valence electrons. The number of hydrogen-bond acceptors (Lipinski definition) is 4. The second kappa shape index (κ2) is 6.24. The topological polar surface area (TPSA) is 86.7 Å². The number of aromatic hydroxyl groups is 1. The number of carbonyl (C=O) groups excluding carboxylic acids is 3. The number of phenols is 1. The molecule has 6 nitrogen and oxygen atoms in total. The zero-order valence-electron chi connectivity index (χ0n) is 13.7. The van der Waals surface area contributed by atoms with Crippen LogP contribution in [0.4, 0.5) is 10.5 Å². The first-order valence-corrected chi connectivity index (χ1v) is 7.64. The van der Waals surface area contributed by atoms with Crippen molar-refractivity contribution in [1.29, 1.82) is 0 Å². The molecule has 1 aliphatic rings. The number of aryl methyl sites for hydroxylation is 2. The molecule has 4 amide bonds. The minimum absolute atomic E-state index is 0.0143. The second-order valence-electron chi connectivity index (χ2n) is 5.84. The maximum atomic E-state index is 12.8. The van der Waals surface area contributed by atoms with E-state index in [9.17, 15) is 19.5 Å². The average Bonchev–Trinajstić information content (AvgIpc) is 2.54. The van der Waals surface area contributed by atoms with Crippen molar-refractivity contribution in [2.45, 2.75) is 13.8 Å². The molecule has 1 heterocycles. The maximum absolute atomic E-state index is 12.8. The van der Waals surface area contributed by atoms with Gasteiger partial charge in [0.05, 0.1) is 5.69 Å². The van der Waals surface area contributed by atoms with Crippen molar-refractivity contribution in [3.63, 3.8) is 0 Å². The van der Waals surface area contributed by atoms with Crippen molar-refractivity contribution in [3.8, 4) is 5.75 Å². The van der Waals surface area contributed by atoms with Crippen LogP contribution in [0.3, 0.4) is 0 Å². The summed E-state index contributed by atoms with van der Waals surface area (Å²) in [5.74, 6) is -1.45. The van der Waals surface area contributed by atoms with Crippen molar-refractivity contribution in [1.82, 2.24) is 5.32 Å². The number of nitrogens with zero attached hydrogens (tertiary/aromatic N) is 1. The summed E-state index contributed by atoms with van der Waals surface area (Å²) < 4.78 is 0. The Balaban J connectivity index is 2.07. The van der Waals surface area contributed by atoms with Gasteiger partial charge >= 0.3 is 6.03 Å². The lowest BCUT2D eigenvalue weighted by Crippen LogP contribution is -2.54. The number of carbonyl (C=O) groups is 3. The lowest BCUT2D eigenvalue weighted by Gasteiger charge is -2.27. The summed E-state index contributed by atoms with van der Waals surface area (Å²) in [6.45, 7) is 3.63. The van der Waals surface area contributed by atoms with Gasteiger partial charge in [-0.2, -0.15) is 0 Å². The lowest BCUT2D eigenvalue weighted by atomic mass is 10.0. The van der Waals surface area contributed by atoms with Gasteiger partial charge in [-0.3, -0.25) is 14.9 Å². The van der Waals surface area contributed by atoms with Gasteiger partial charge in [0.15, 0.2) is 0 Å². The van der Waals surface area contributed by atoms with E-state index >= 15 is 0 Å². The van der Waals surface area contributed by atoms with Crippen LogP contribution in [0.5, 0.6) is 5.75 Å². The van der Waals surface area contributed by atoms with Gasteiger partial charge in [-0.15, -0.1) is 0 Å². The Hall–Kier alpha value is -3.41. The molecule has 2 N–H and O–H groups in total. The highest BCUT2D eigenvalue weighted by molar-refractivity contribution is 6.39.